The number of rotatable bonds is 6. The van der Waals surface area contributed by atoms with E-state index in [-0.39, 0.29) is 11.8 Å². The Kier molecular flexibility index (Phi) is 5.38. The number of nitrogens with one attached hydrogen (secondary N) is 2. The topological polar surface area (TPSA) is 49.8 Å². The summed E-state index contributed by atoms with van der Waals surface area (Å²) in [6, 6.07) is 0.934. The van der Waals surface area contributed by atoms with Crippen LogP contribution in [-0.4, -0.2) is 23.1 Å². The van der Waals surface area contributed by atoms with E-state index >= 15 is 0 Å². The van der Waals surface area contributed by atoms with E-state index in [0.717, 1.165) is 12.5 Å². The Hall–Kier alpha value is -1.53. The van der Waals surface area contributed by atoms with Crippen LogP contribution in [0.2, 0.25) is 0 Å². The summed E-state index contributed by atoms with van der Waals surface area (Å²) in [4.78, 5) is 7.46. The average Bonchev–Trinajstić information content (AvgIpc) is 2.35. The number of aromatic nitrogens is 2. The first kappa shape index (κ1) is 15.5. The third-order valence-corrected chi connectivity index (χ3v) is 2.68. The van der Waals surface area contributed by atoms with Gasteiger partial charge in [0.1, 0.15) is 5.82 Å². The summed E-state index contributed by atoms with van der Waals surface area (Å²) in [6.45, 7) is 6.86. The monoisotopic (exact) mass is 276 g/mol. The molecule has 1 rings (SSSR count). The molecule has 0 saturated heterocycles. The molecule has 7 heteroatoms. The molecule has 0 amide bonds. The highest BCUT2D eigenvalue weighted by atomic mass is 19.4. The van der Waals surface area contributed by atoms with Crippen LogP contribution in [0.15, 0.2) is 6.07 Å². The van der Waals surface area contributed by atoms with Crippen molar-refractivity contribution in [2.75, 3.05) is 23.7 Å². The van der Waals surface area contributed by atoms with Gasteiger partial charge in [-0.2, -0.15) is 18.2 Å². The number of halogens is 3. The highest BCUT2D eigenvalue weighted by Crippen LogP contribution is 2.29. The Morgan fingerprint density at radius 2 is 1.89 bits per heavy atom. The van der Waals surface area contributed by atoms with E-state index in [9.17, 15) is 13.2 Å². The molecule has 0 fully saturated rings. The van der Waals surface area contributed by atoms with E-state index in [1.807, 2.05) is 13.8 Å². The summed E-state index contributed by atoms with van der Waals surface area (Å²) in [6.07, 6.45) is -3.52. The van der Waals surface area contributed by atoms with Crippen LogP contribution in [-0.2, 0) is 6.18 Å². The van der Waals surface area contributed by atoms with Gasteiger partial charge < -0.3 is 10.6 Å². The molecular weight excluding hydrogens is 257 g/mol. The predicted molar refractivity (Wildman–Crippen MR) is 69.1 cm³/mol. The Balaban J connectivity index is 2.93. The maximum absolute atomic E-state index is 12.7. The zero-order valence-electron chi connectivity index (χ0n) is 11.3. The molecule has 4 nitrogen and oxygen atoms in total. The van der Waals surface area contributed by atoms with Crippen molar-refractivity contribution in [3.63, 3.8) is 0 Å². The van der Waals surface area contributed by atoms with Crippen molar-refractivity contribution in [3.05, 3.63) is 11.8 Å². The molecule has 1 unspecified atom stereocenters. The van der Waals surface area contributed by atoms with Crippen LogP contribution in [0.4, 0.5) is 24.9 Å². The number of anilines is 2. The lowest BCUT2D eigenvalue weighted by molar-refractivity contribution is -0.141. The second-order valence-corrected chi connectivity index (χ2v) is 4.38. The maximum atomic E-state index is 12.7. The van der Waals surface area contributed by atoms with Crippen LogP contribution >= 0.6 is 0 Å². The highest BCUT2D eigenvalue weighted by Gasteiger charge is 2.33. The molecule has 2 N–H and O–H groups in total. The van der Waals surface area contributed by atoms with E-state index in [2.05, 4.69) is 20.6 Å². The minimum absolute atomic E-state index is 0.0102. The lowest BCUT2D eigenvalue weighted by Gasteiger charge is -2.14. The van der Waals surface area contributed by atoms with Crippen LogP contribution in [0.1, 0.15) is 32.9 Å². The molecule has 1 aromatic rings. The van der Waals surface area contributed by atoms with E-state index in [1.54, 1.807) is 6.92 Å². The normalized spacial score (nSPS) is 13.2. The molecule has 0 aromatic carbocycles. The minimum Gasteiger partial charge on any atom is -0.370 e. The molecule has 0 aliphatic rings. The average molecular weight is 276 g/mol. The van der Waals surface area contributed by atoms with Crippen LogP contribution in [0.5, 0.6) is 0 Å². The largest absolute Gasteiger partial charge is 0.433 e. The zero-order chi connectivity index (χ0) is 14.5. The molecule has 108 valence electrons. The van der Waals surface area contributed by atoms with Crippen LogP contribution in [0.3, 0.4) is 0 Å². The maximum Gasteiger partial charge on any atom is 0.433 e. The Morgan fingerprint density at radius 1 is 1.21 bits per heavy atom. The molecule has 1 atom stereocenters. The quantitative estimate of drug-likeness (QED) is 0.836. The molecule has 1 aromatic heterocycles. The second kappa shape index (κ2) is 6.58. The fourth-order valence-electron chi connectivity index (χ4n) is 1.34. The van der Waals surface area contributed by atoms with E-state index in [0.29, 0.717) is 19.0 Å². The van der Waals surface area contributed by atoms with Crippen molar-refractivity contribution in [1.29, 1.82) is 0 Å². The standard InChI is InChI=1S/C12H19F3N4/c1-4-8(3)7-17-10-6-9(12(13,14)15)18-11(19-10)16-5-2/h6,8H,4-5,7H2,1-3H3,(H2,16,17,18,19). The smallest absolute Gasteiger partial charge is 0.370 e. The van der Waals surface area contributed by atoms with Gasteiger partial charge in [0.15, 0.2) is 5.69 Å². The Labute approximate surface area is 110 Å². The van der Waals surface area contributed by atoms with Gasteiger partial charge in [0.05, 0.1) is 0 Å². The van der Waals surface area contributed by atoms with Gasteiger partial charge in [0.2, 0.25) is 5.95 Å². The van der Waals surface area contributed by atoms with Crippen LogP contribution in [0, 0.1) is 5.92 Å². The third kappa shape index (κ3) is 4.92. The Bertz CT molecular complexity index is 406. The first-order valence-corrected chi connectivity index (χ1v) is 6.30. The van der Waals surface area contributed by atoms with Gasteiger partial charge in [-0.3, -0.25) is 0 Å². The van der Waals surface area contributed by atoms with Crippen molar-refractivity contribution < 1.29 is 13.2 Å². The molecule has 0 bridgehead atoms. The lowest BCUT2D eigenvalue weighted by Crippen LogP contribution is -2.16. The molecule has 19 heavy (non-hydrogen) atoms. The third-order valence-electron chi connectivity index (χ3n) is 2.68. The van der Waals surface area contributed by atoms with Crippen molar-refractivity contribution in [1.82, 2.24) is 9.97 Å². The lowest BCUT2D eigenvalue weighted by atomic mass is 10.1. The molecule has 0 spiro atoms. The Morgan fingerprint density at radius 3 is 2.42 bits per heavy atom. The molecule has 0 aliphatic heterocycles. The van der Waals surface area contributed by atoms with Gasteiger partial charge in [-0.25, -0.2) is 4.98 Å². The molecule has 0 radical (unpaired) electrons. The SMILES string of the molecule is CCNc1nc(NCC(C)CC)cc(C(F)(F)F)n1. The van der Waals surface area contributed by atoms with Crippen LogP contribution in [0.25, 0.3) is 0 Å². The zero-order valence-corrected chi connectivity index (χ0v) is 11.3. The summed E-state index contributed by atoms with van der Waals surface area (Å²) < 4.78 is 38.1. The van der Waals surface area contributed by atoms with Crippen LogP contribution < -0.4 is 10.6 Å². The molecule has 1 heterocycles. The first-order chi connectivity index (χ1) is 8.86. The minimum atomic E-state index is -4.47. The summed E-state index contributed by atoms with van der Waals surface area (Å²) in [5, 5.41) is 5.62. The number of hydrogen-bond donors (Lipinski definition) is 2. The summed E-state index contributed by atoms with van der Waals surface area (Å²) in [5.74, 6) is 0.550. The fourth-order valence-corrected chi connectivity index (χ4v) is 1.34. The van der Waals surface area contributed by atoms with E-state index in [4.69, 9.17) is 0 Å². The van der Waals surface area contributed by atoms with Gasteiger partial charge in [0, 0.05) is 19.2 Å². The number of nitrogens with zero attached hydrogens (tertiary/aromatic N) is 2. The summed E-state index contributed by atoms with van der Waals surface area (Å²) >= 11 is 0. The first-order valence-electron chi connectivity index (χ1n) is 6.30. The van der Waals surface area contributed by atoms with E-state index < -0.39 is 11.9 Å². The summed E-state index contributed by atoms with van der Waals surface area (Å²) in [5.41, 5.74) is -0.940. The molecular formula is C12H19F3N4. The number of alkyl halides is 3. The van der Waals surface area contributed by atoms with Gasteiger partial charge in [0.25, 0.3) is 0 Å². The van der Waals surface area contributed by atoms with E-state index in [1.165, 1.54) is 0 Å². The summed E-state index contributed by atoms with van der Waals surface area (Å²) in [7, 11) is 0. The molecule has 0 aliphatic carbocycles. The van der Waals surface area contributed by atoms with Crippen molar-refractivity contribution >= 4 is 11.8 Å². The van der Waals surface area contributed by atoms with Gasteiger partial charge in [-0.05, 0) is 12.8 Å². The van der Waals surface area contributed by atoms with Crippen molar-refractivity contribution in [2.24, 2.45) is 5.92 Å². The molecule has 0 saturated carbocycles. The predicted octanol–water partition coefficient (Wildman–Crippen LogP) is 3.39. The fraction of sp³-hybridized carbons (Fsp3) is 0.667. The van der Waals surface area contributed by atoms with Crippen molar-refractivity contribution in [3.8, 4) is 0 Å². The van der Waals surface area contributed by atoms with Gasteiger partial charge >= 0.3 is 6.18 Å². The van der Waals surface area contributed by atoms with Gasteiger partial charge in [-0.1, -0.05) is 20.3 Å². The van der Waals surface area contributed by atoms with Crippen molar-refractivity contribution in [2.45, 2.75) is 33.4 Å². The number of hydrogen-bond acceptors (Lipinski definition) is 4. The highest BCUT2D eigenvalue weighted by molar-refractivity contribution is 5.43. The second-order valence-electron chi connectivity index (χ2n) is 4.38. The van der Waals surface area contributed by atoms with Gasteiger partial charge in [-0.15, -0.1) is 0 Å².